The molecule has 0 aromatic rings. The van der Waals surface area contributed by atoms with Crippen LogP contribution in [0.25, 0.3) is 0 Å². The van der Waals surface area contributed by atoms with E-state index in [9.17, 15) is 9.59 Å². The van der Waals surface area contributed by atoms with Gasteiger partial charge in [0.2, 0.25) is 0 Å². The largest absolute Gasteiger partial charge is 0.468 e. The highest BCUT2D eigenvalue weighted by molar-refractivity contribution is 5.76. The molecule has 1 fully saturated rings. The number of hydrogen-bond acceptors (Lipinski definition) is 5. The Morgan fingerprint density at radius 1 is 1.37 bits per heavy atom. The number of carbonyl (C=O) groups is 2. The first-order chi connectivity index (χ1) is 8.74. The van der Waals surface area contributed by atoms with Gasteiger partial charge in [-0.1, -0.05) is 0 Å². The maximum Gasteiger partial charge on any atom is 0.410 e. The van der Waals surface area contributed by atoms with Crippen LogP contribution in [0.5, 0.6) is 0 Å². The first-order valence-corrected chi connectivity index (χ1v) is 6.56. The Labute approximate surface area is 114 Å². The second-order valence-corrected chi connectivity index (χ2v) is 5.88. The van der Waals surface area contributed by atoms with Crippen molar-refractivity contribution in [3.63, 3.8) is 0 Å². The van der Waals surface area contributed by atoms with Crippen molar-refractivity contribution >= 4 is 12.1 Å². The zero-order valence-corrected chi connectivity index (χ0v) is 12.1. The molecule has 1 aliphatic heterocycles. The highest BCUT2D eigenvalue weighted by Gasteiger charge is 2.33. The number of rotatable bonds is 2. The summed E-state index contributed by atoms with van der Waals surface area (Å²) in [5.74, 6) is -0.509. The van der Waals surface area contributed by atoms with Gasteiger partial charge in [-0.05, 0) is 33.6 Å². The van der Waals surface area contributed by atoms with Crippen molar-refractivity contribution in [2.45, 2.75) is 45.3 Å². The maximum absolute atomic E-state index is 12.0. The van der Waals surface area contributed by atoms with Crippen molar-refractivity contribution < 1.29 is 19.1 Å². The molecule has 110 valence electrons. The molecule has 0 unspecified atom stereocenters. The summed E-state index contributed by atoms with van der Waals surface area (Å²) in [6.07, 6.45) is 1.28. The van der Waals surface area contributed by atoms with E-state index in [0.29, 0.717) is 13.1 Å². The van der Waals surface area contributed by atoms with Crippen molar-refractivity contribution in [1.29, 1.82) is 0 Å². The van der Waals surface area contributed by atoms with Gasteiger partial charge in [0.15, 0.2) is 0 Å². The summed E-state index contributed by atoms with van der Waals surface area (Å²) in [4.78, 5) is 25.0. The average molecular weight is 272 g/mol. The third kappa shape index (κ3) is 4.70. The molecule has 0 aromatic heterocycles. The summed E-state index contributed by atoms with van der Waals surface area (Å²) in [5.41, 5.74) is 5.32. The van der Waals surface area contributed by atoms with Crippen molar-refractivity contribution in [2.75, 3.05) is 20.2 Å². The summed E-state index contributed by atoms with van der Waals surface area (Å²) in [6.45, 7) is 6.55. The number of ether oxygens (including phenoxy) is 2. The minimum atomic E-state index is -0.685. The van der Waals surface area contributed by atoms with E-state index in [4.69, 9.17) is 10.5 Å². The van der Waals surface area contributed by atoms with Crippen LogP contribution in [-0.4, -0.2) is 48.8 Å². The van der Waals surface area contributed by atoms with E-state index in [0.717, 1.165) is 12.8 Å². The van der Waals surface area contributed by atoms with E-state index < -0.39 is 17.6 Å². The number of methoxy groups -OCH3 is 1. The maximum atomic E-state index is 12.0. The molecule has 1 rings (SSSR count). The molecular formula is C13H24N2O4. The van der Waals surface area contributed by atoms with Crippen molar-refractivity contribution in [1.82, 2.24) is 4.90 Å². The SMILES string of the molecule is COC(=O)[C@H](N)[C@H]1CCCN(C(=O)OC(C)(C)C)C1. The normalized spacial score (nSPS) is 21.7. The lowest BCUT2D eigenvalue weighted by Gasteiger charge is -2.35. The Bertz CT molecular complexity index is 338. The van der Waals surface area contributed by atoms with Crippen LogP contribution in [0.15, 0.2) is 0 Å². The van der Waals surface area contributed by atoms with E-state index in [2.05, 4.69) is 4.74 Å². The summed E-state index contributed by atoms with van der Waals surface area (Å²) < 4.78 is 9.96. The van der Waals surface area contributed by atoms with Crippen LogP contribution in [0.4, 0.5) is 4.79 Å². The van der Waals surface area contributed by atoms with Gasteiger partial charge in [0.25, 0.3) is 0 Å². The molecule has 0 saturated carbocycles. The van der Waals surface area contributed by atoms with Gasteiger partial charge in [0.1, 0.15) is 11.6 Å². The molecule has 0 radical (unpaired) electrons. The Morgan fingerprint density at radius 3 is 2.53 bits per heavy atom. The quantitative estimate of drug-likeness (QED) is 0.762. The molecule has 0 aromatic carbocycles. The van der Waals surface area contributed by atoms with Crippen LogP contribution in [0.2, 0.25) is 0 Å². The lowest BCUT2D eigenvalue weighted by atomic mass is 9.91. The fourth-order valence-electron chi connectivity index (χ4n) is 2.12. The highest BCUT2D eigenvalue weighted by atomic mass is 16.6. The molecule has 1 amide bonds. The molecular weight excluding hydrogens is 248 g/mol. The molecule has 0 bridgehead atoms. The smallest absolute Gasteiger partial charge is 0.410 e. The third-order valence-corrected chi connectivity index (χ3v) is 3.09. The van der Waals surface area contributed by atoms with Gasteiger partial charge in [0, 0.05) is 19.0 Å². The molecule has 1 heterocycles. The van der Waals surface area contributed by atoms with Crippen LogP contribution in [0.3, 0.4) is 0 Å². The number of esters is 1. The van der Waals surface area contributed by atoms with Crippen LogP contribution >= 0.6 is 0 Å². The number of hydrogen-bond donors (Lipinski definition) is 1. The van der Waals surface area contributed by atoms with E-state index in [1.54, 1.807) is 4.90 Å². The number of likely N-dealkylation sites (tertiary alicyclic amines) is 1. The van der Waals surface area contributed by atoms with Crippen LogP contribution < -0.4 is 5.73 Å². The Kier molecular flexibility index (Phi) is 5.17. The molecule has 6 nitrogen and oxygen atoms in total. The molecule has 1 aliphatic rings. The zero-order chi connectivity index (χ0) is 14.6. The van der Waals surface area contributed by atoms with Gasteiger partial charge in [0.05, 0.1) is 7.11 Å². The zero-order valence-electron chi connectivity index (χ0n) is 12.1. The predicted molar refractivity (Wildman–Crippen MR) is 70.5 cm³/mol. The van der Waals surface area contributed by atoms with Gasteiger partial charge in [-0.15, -0.1) is 0 Å². The van der Waals surface area contributed by atoms with Crippen molar-refractivity contribution in [3.8, 4) is 0 Å². The number of amides is 1. The summed E-state index contributed by atoms with van der Waals surface area (Å²) in [5, 5.41) is 0. The Hall–Kier alpha value is -1.30. The fraction of sp³-hybridized carbons (Fsp3) is 0.846. The van der Waals surface area contributed by atoms with Crippen LogP contribution in [0.1, 0.15) is 33.6 Å². The second-order valence-electron chi connectivity index (χ2n) is 5.88. The molecule has 0 spiro atoms. The number of nitrogens with zero attached hydrogens (tertiary/aromatic N) is 1. The van der Waals surface area contributed by atoms with Crippen molar-refractivity contribution in [3.05, 3.63) is 0 Å². The van der Waals surface area contributed by atoms with Crippen LogP contribution in [-0.2, 0) is 14.3 Å². The van der Waals surface area contributed by atoms with E-state index in [-0.39, 0.29) is 12.0 Å². The number of carbonyl (C=O) groups excluding carboxylic acids is 2. The van der Waals surface area contributed by atoms with Crippen LogP contribution in [0, 0.1) is 5.92 Å². The Balaban J connectivity index is 2.59. The van der Waals surface area contributed by atoms with Gasteiger partial charge in [-0.2, -0.15) is 0 Å². The summed E-state index contributed by atoms with van der Waals surface area (Å²) in [6, 6.07) is -0.685. The minimum Gasteiger partial charge on any atom is -0.468 e. The molecule has 1 saturated heterocycles. The topological polar surface area (TPSA) is 81.9 Å². The standard InChI is InChI=1S/C13H24N2O4/c1-13(2,3)19-12(17)15-7-5-6-9(8-15)10(14)11(16)18-4/h9-10H,5-8,14H2,1-4H3/t9-,10+/m0/s1. The Morgan fingerprint density at radius 2 is 2.00 bits per heavy atom. The fourth-order valence-corrected chi connectivity index (χ4v) is 2.12. The molecule has 6 heteroatoms. The molecule has 2 N–H and O–H groups in total. The first kappa shape index (κ1) is 15.8. The third-order valence-electron chi connectivity index (χ3n) is 3.09. The predicted octanol–water partition coefficient (Wildman–Crippen LogP) is 1.13. The monoisotopic (exact) mass is 272 g/mol. The van der Waals surface area contributed by atoms with E-state index in [1.807, 2.05) is 20.8 Å². The molecule has 19 heavy (non-hydrogen) atoms. The lowest BCUT2D eigenvalue weighted by molar-refractivity contribution is -0.144. The second kappa shape index (κ2) is 6.23. The van der Waals surface area contributed by atoms with Gasteiger partial charge >= 0.3 is 12.1 Å². The van der Waals surface area contributed by atoms with E-state index in [1.165, 1.54) is 7.11 Å². The van der Waals surface area contributed by atoms with Gasteiger partial charge in [-0.25, -0.2) is 4.79 Å². The van der Waals surface area contributed by atoms with Gasteiger partial charge < -0.3 is 20.1 Å². The number of piperidine rings is 1. The number of nitrogens with two attached hydrogens (primary N) is 1. The van der Waals surface area contributed by atoms with Crippen molar-refractivity contribution in [2.24, 2.45) is 11.7 Å². The lowest BCUT2D eigenvalue weighted by Crippen LogP contribution is -2.50. The first-order valence-electron chi connectivity index (χ1n) is 6.56. The average Bonchev–Trinajstić information content (AvgIpc) is 2.35. The molecule has 2 atom stereocenters. The molecule has 0 aliphatic carbocycles. The van der Waals surface area contributed by atoms with E-state index >= 15 is 0 Å². The minimum absolute atomic E-state index is 0.0753. The summed E-state index contributed by atoms with van der Waals surface area (Å²) >= 11 is 0. The van der Waals surface area contributed by atoms with Gasteiger partial charge in [-0.3, -0.25) is 4.79 Å². The highest BCUT2D eigenvalue weighted by Crippen LogP contribution is 2.21. The summed E-state index contributed by atoms with van der Waals surface area (Å²) in [7, 11) is 1.32.